The summed E-state index contributed by atoms with van der Waals surface area (Å²) >= 11 is 0. The van der Waals surface area contributed by atoms with Gasteiger partial charge < -0.3 is 15.8 Å². The lowest BCUT2D eigenvalue weighted by molar-refractivity contribution is 0.399. The maximum Gasteiger partial charge on any atom is 0.242 e. The van der Waals surface area contributed by atoms with Crippen molar-refractivity contribution < 1.29 is 4.74 Å². The van der Waals surface area contributed by atoms with E-state index in [0.717, 1.165) is 6.42 Å². The number of methoxy groups -OCH3 is 1. The first kappa shape index (κ1) is 12.5. The molecule has 3 N–H and O–H groups in total. The van der Waals surface area contributed by atoms with Crippen LogP contribution in [0.3, 0.4) is 0 Å². The van der Waals surface area contributed by atoms with Crippen LogP contribution in [-0.4, -0.2) is 23.1 Å². The van der Waals surface area contributed by atoms with E-state index in [1.54, 1.807) is 7.11 Å². The maximum atomic E-state index is 5.88. The molecule has 5 nitrogen and oxygen atoms in total. The Morgan fingerprint density at radius 1 is 1.44 bits per heavy atom. The lowest BCUT2D eigenvalue weighted by Crippen LogP contribution is -2.25. The second-order valence-corrected chi connectivity index (χ2v) is 4.05. The standard InChI is InChI=1S/C11H20N4O/c1-5-8(7(2)3)15-10-9(12)11(16-4)14-6-13-10/h6-8H,5,12H2,1-4H3,(H,13,14,15). The number of aromatic nitrogens is 2. The summed E-state index contributed by atoms with van der Waals surface area (Å²) in [6.07, 6.45) is 2.47. The van der Waals surface area contributed by atoms with Crippen molar-refractivity contribution in [2.24, 2.45) is 5.92 Å². The minimum Gasteiger partial charge on any atom is -0.479 e. The smallest absolute Gasteiger partial charge is 0.242 e. The Bertz CT molecular complexity index is 341. The maximum absolute atomic E-state index is 5.88. The van der Waals surface area contributed by atoms with E-state index in [2.05, 4.69) is 36.1 Å². The Balaban J connectivity index is 2.88. The van der Waals surface area contributed by atoms with Gasteiger partial charge in [-0.1, -0.05) is 20.8 Å². The van der Waals surface area contributed by atoms with Gasteiger partial charge in [0.1, 0.15) is 12.0 Å². The summed E-state index contributed by atoms with van der Waals surface area (Å²) in [6.45, 7) is 6.46. The van der Waals surface area contributed by atoms with Crippen LogP contribution in [0.5, 0.6) is 5.88 Å². The molecule has 0 aliphatic heterocycles. The topological polar surface area (TPSA) is 73.1 Å². The second kappa shape index (κ2) is 5.53. The Labute approximate surface area is 96.4 Å². The molecular formula is C11H20N4O. The van der Waals surface area contributed by atoms with E-state index in [9.17, 15) is 0 Å². The van der Waals surface area contributed by atoms with Crippen LogP contribution in [-0.2, 0) is 0 Å². The molecule has 0 radical (unpaired) electrons. The predicted octanol–water partition coefficient (Wildman–Crippen LogP) is 1.91. The summed E-state index contributed by atoms with van der Waals surface area (Å²) in [7, 11) is 1.54. The Morgan fingerprint density at radius 2 is 2.12 bits per heavy atom. The van der Waals surface area contributed by atoms with E-state index >= 15 is 0 Å². The number of hydrogen-bond acceptors (Lipinski definition) is 5. The molecule has 5 heteroatoms. The first-order valence-corrected chi connectivity index (χ1v) is 5.51. The van der Waals surface area contributed by atoms with Gasteiger partial charge in [0.2, 0.25) is 5.88 Å². The molecule has 16 heavy (non-hydrogen) atoms. The zero-order valence-corrected chi connectivity index (χ0v) is 10.3. The van der Waals surface area contributed by atoms with Gasteiger partial charge in [-0.3, -0.25) is 0 Å². The normalized spacial score (nSPS) is 12.6. The largest absolute Gasteiger partial charge is 0.479 e. The molecule has 1 atom stereocenters. The molecule has 0 spiro atoms. The molecule has 0 bridgehead atoms. The van der Waals surface area contributed by atoms with Crippen LogP contribution in [0.25, 0.3) is 0 Å². The minimum absolute atomic E-state index is 0.349. The van der Waals surface area contributed by atoms with Crippen LogP contribution in [0.2, 0.25) is 0 Å². The highest BCUT2D eigenvalue weighted by Crippen LogP contribution is 2.25. The summed E-state index contributed by atoms with van der Waals surface area (Å²) < 4.78 is 5.05. The summed E-state index contributed by atoms with van der Waals surface area (Å²) in [5.74, 6) is 1.58. The van der Waals surface area contributed by atoms with E-state index in [1.165, 1.54) is 6.33 Å². The number of rotatable bonds is 5. The molecule has 0 aliphatic carbocycles. The van der Waals surface area contributed by atoms with Crippen LogP contribution in [0.1, 0.15) is 27.2 Å². The van der Waals surface area contributed by atoms with Crippen LogP contribution < -0.4 is 15.8 Å². The third-order valence-electron chi connectivity index (χ3n) is 2.61. The molecule has 0 aromatic carbocycles. The number of ether oxygens (including phenoxy) is 1. The van der Waals surface area contributed by atoms with Gasteiger partial charge in [0.05, 0.1) is 7.11 Å². The van der Waals surface area contributed by atoms with Crippen LogP contribution in [0.15, 0.2) is 6.33 Å². The molecule has 0 fully saturated rings. The first-order valence-electron chi connectivity index (χ1n) is 5.51. The number of hydrogen-bond donors (Lipinski definition) is 2. The van der Waals surface area contributed by atoms with E-state index in [-0.39, 0.29) is 0 Å². The van der Waals surface area contributed by atoms with Gasteiger partial charge >= 0.3 is 0 Å². The third kappa shape index (κ3) is 2.74. The number of nitrogens with one attached hydrogen (secondary N) is 1. The highest BCUT2D eigenvalue weighted by Gasteiger charge is 2.15. The molecule has 1 rings (SSSR count). The van der Waals surface area contributed by atoms with E-state index in [0.29, 0.717) is 29.3 Å². The summed E-state index contributed by atoms with van der Waals surface area (Å²) in [4.78, 5) is 8.07. The van der Waals surface area contributed by atoms with Crippen molar-refractivity contribution in [3.8, 4) is 5.88 Å². The minimum atomic E-state index is 0.349. The average molecular weight is 224 g/mol. The number of nitrogens with two attached hydrogens (primary N) is 1. The van der Waals surface area contributed by atoms with Crippen molar-refractivity contribution in [3.05, 3.63) is 6.33 Å². The van der Waals surface area contributed by atoms with Crippen molar-refractivity contribution in [1.29, 1.82) is 0 Å². The first-order chi connectivity index (χ1) is 7.60. The van der Waals surface area contributed by atoms with Gasteiger partial charge in [-0.25, -0.2) is 4.98 Å². The average Bonchev–Trinajstić information content (AvgIpc) is 2.27. The van der Waals surface area contributed by atoms with Crippen LogP contribution in [0, 0.1) is 5.92 Å². The van der Waals surface area contributed by atoms with Crippen molar-refractivity contribution in [3.63, 3.8) is 0 Å². The second-order valence-electron chi connectivity index (χ2n) is 4.05. The monoisotopic (exact) mass is 224 g/mol. The fourth-order valence-corrected chi connectivity index (χ4v) is 1.57. The zero-order chi connectivity index (χ0) is 12.1. The Kier molecular flexibility index (Phi) is 4.34. The molecule has 0 amide bonds. The van der Waals surface area contributed by atoms with Gasteiger partial charge in [-0.05, 0) is 12.3 Å². The lowest BCUT2D eigenvalue weighted by atomic mass is 10.0. The molecule has 1 unspecified atom stereocenters. The number of anilines is 2. The van der Waals surface area contributed by atoms with Crippen LogP contribution >= 0.6 is 0 Å². The van der Waals surface area contributed by atoms with Crippen LogP contribution in [0.4, 0.5) is 11.5 Å². The van der Waals surface area contributed by atoms with Crippen molar-refractivity contribution in [2.75, 3.05) is 18.2 Å². The molecule has 1 heterocycles. The zero-order valence-electron chi connectivity index (χ0n) is 10.3. The molecule has 1 aromatic rings. The van der Waals surface area contributed by atoms with Gasteiger partial charge in [0.15, 0.2) is 5.82 Å². The Morgan fingerprint density at radius 3 is 2.62 bits per heavy atom. The van der Waals surface area contributed by atoms with Gasteiger partial charge in [-0.2, -0.15) is 4.98 Å². The van der Waals surface area contributed by atoms with Gasteiger partial charge in [0.25, 0.3) is 0 Å². The SMILES string of the molecule is CCC(Nc1ncnc(OC)c1N)C(C)C. The molecular weight excluding hydrogens is 204 g/mol. The number of nitrogen functional groups attached to an aromatic ring is 1. The molecule has 0 saturated heterocycles. The van der Waals surface area contributed by atoms with Crippen molar-refractivity contribution in [2.45, 2.75) is 33.2 Å². The predicted molar refractivity (Wildman–Crippen MR) is 65.5 cm³/mol. The molecule has 1 aromatic heterocycles. The third-order valence-corrected chi connectivity index (χ3v) is 2.61. The van der Waals surface area contributed by atoms with Gasteiger partial charge in [0, 0.05) is 6.04 Å². The van der Waals surface area contributed by atoms with Gasteiger partial charge in [-0.15, -0.1) is 0 Å². The van der Waals surface area contributed by atoms with E-state index < -0.39 is 0 Å². The fraction of sp³-hybridized carbons (Fsp3) is 0.636. The molecule has 0 aliphatic rings. The summed E-state index contributed by atoms with van der Waals surface area (Å²) in [5.41, 5.74) is 6.35. The number of nitrogens with zero attached hydrogens (tertiary/aromatic N) is 2. The highest BCUT2D eigenvalue weighted by atomic mass is 16.5. The van der Waals surface area contributed by atoms with E-state index in [4.69, 9.17) is 10.5 Å². The molecule has 90 valence electrons. The quantitative estimate of drug-likeness (QED) is 0.799. The Hall–Kier alpha value is -1.52. The summed E-state index contributed by atoms with van der Waals surface area (Å²) in [5, 5.41) is 3.32. The highest BCUT2D eigenvalue weighted by molar-refractivity contribution is 5.66. The fourth-order valence-electron chi connectivity index (χ4n) is 1.57. The lowest BCUT2D eigenvalue weighted by Gasteiger charge is -2.22. The van der Waals surface area contributed by atoms with Crippen molar-refractivity contribution in [1.82, 2.24) is 9.97 Å². The summed E-state index contributed by atoms with van der Waals surface area (Å²) in [6, 6.07) is 0.349. The molecule has 0 saturated carbocycles. The van der Waals surface area contributed by atoms with E-state index in [1.807, 2.05) is 0 Å². The van der Waals surface area contributed by atoms with Crippen molar-refractivity contribution >= 4 is 11.5 Å².